The number of rotatable bonds is 6. The molecular weight excluding hydrogens is 515 g/mol. The number of ether oxygens (including phenoxy) is 1. The summed E-state index contributed by atoms with van der Waals surface area (Å²) in [5.74, 6) is 0.421. The molecule has 2 amide bonds. The Morgan fingerprint density at radius 3 is 2.84 bits per heavy atom. The van der Waals surface area contributed by atoms with Crippen LogP contribution in [0, 0.1) is 6.92 Å². The first kappa shape index (κ1) is 24.8. The van der Waals surface area contributed by atoms with Crippen LogP contribution >= 0.6 is 23.2 Å². The van der Waals surface area contributed by atoms with Gasteiger partial charge in [0.15, 0.2) is 12.4 Å². The van der Waals surface area contributed by atoms with Gasteiger partial charge < -0.3 is 14.5 Å². The highest BCUT2D eigenvalue weighted by Gasteiger charge is 2.28. The SMILES string of the molecule is Cc1c(C(=O)Nc2cccc3ncccc23)oc2c1/C(=N/NC(=O)COc1ccc(Cl)cc1Cl)CCC2. The molecule has 8 nitrogen and oxygen atoms in total. The highest BCUT2D eigenvalue weighted by molar-refractivity contribution is 6.35. The van der Waals surface area contributed by atoms with E-state index in [1.165, 1.54) is 6.07 Å². The number of aryl methyl sites for hydroxylation is 1. The molecule has 4 aromatic rings. The van der Waals surface area contributed by atoms with Crippen LogP contribution in [0.25, 0.3) is 10.9 Å². The first-order valence-corrected chi connectivity index (χ1v) is 12.4. The number of benzene rings is 2. The third kappa shape index (κ3) is 5.30. The molecule has 1 aliphatic rings. The summed E-state index contributed by atoms with van der Waals surface area (Å²) < 4.78 is 11.4. The van der Waals surface area contributed by atoms with Gasteiger partial charge in [-0.15, -0.1) is 0 Å². The van der Waals surface area contributed by atoms with Gasteiger partial charge in [-0.3, -0.25) is 14.6 Å². The lowest BCUT2D eigenvalue weighted by Gasteiger charge is -2.13. The maximum Gasteiger partial charge on any atom is 0.291 e. The lowest BCUT2D eigenvalue weighted by molar-refractivity contribution is -0.123. The highest BCUT2D eigenvalue weighted by atomic mass is 35.5. The van der Waals surface area contributed by atoms with Gasteiger partial charge in [0.25, 0.3) is 11.8 Å². The summed E-state index contributed by atoms with van der Waals surface area (Å²) in [6.07, 6.45) is 3.79. The largest absolute Gasteiger partial charge is 0.482 e. The second kappa shape index (κ2) is 10.6. The number of carbonyl (C=O) groups is 2. The number of halogens is 2. The van der Waals surface area contributed by atoms with Crippen molar-refractivity contribution in [1.29, 1.82) is 0 Å². The van der Waals surface area contributed by atoms with Crippen molar-refractivity contribution in [2.24, 2.45) is 5.10 Å². The molecule has 0 aliphatic heterocycles. The molecule has 0 radical (unpaired) electrons. The second-order valence-electron chi connectivity index (χ2n) is 8.49. The van der Waals surface area contributed by atoms with Crippen molar-refractivity contribution < 1.29 is 18.7 Å². The smallest absolute Gasteiger partial charge is 0.291 e. The van der Waals surface area contributed by atoms with Crippen LogP contribution in [-0.4, -0.2) is 29.1 Å². The zero-order valence-corrected chi connectivity index (χ0v) is 21.3. The van der Waals surface area contributed by atoms with Crippen LogP contribution in [0.5, 0.6) is 5.75 Å². The molecular formula is C27H22Cl2N4O4. The Labute approximate surface area is 222 Å². The van der Waals surface area contributed by atoms with Gasteiger partial charge >= 0.3 is 0 Å². The average Bonchev–Trinajstić information content (AvgIpc) is 3.24. The van der Waals surface area contributed by atoms with E-state index in [2.05, 4.69) is 20.8 Å². The number of aromatic nitrogens is 1. The Bertz CT molecular complexity index is 1540. The average molecular weight is 537 g/mol. The Kier molecular flexibility index (Phi) is 7.12. The molecule has 2 aromatic carbocycles. The summed E-state index contributed by atoms with van der Waals surface area (Å²) in [7, 11) is 0. The van der Waals surface area contributed by atoms with Gasteiger partial charge in [0.2, 0.25) is 0 Å². The minimum atomic E-state index is -0.450. The Morgan fingerprint density at radius 1 is 1.14 bits per heavy atom. The van der Waals surface area contributed by atoms with E-state index >= 15 is 0 Å². The zero-order chi connectivity index (χ0) is 25.9. The van der Waals surface area contributed by atoms with E-state index in [0.717, 1.165) is 22.9 Å². The number of furan rings is 1. The fraction of sp³-hybridized carbons (Fsp3) is 0.185. The van der Waals surface area contributed by atoms with Crippen molar-refractivity contribution in [3.63, 3.8) is 0 Å². The molecule has 1 aliphatic carbocycles. The Morgan fingerprint density at radius 2 is 2.00 bits per heavy atom. The number of amides is 2. The van der Waals surface area contributed by atoms with Crippen LogP contribution in [0.3, 0.4) is 0 Å². The molecule has 37 heavy (non-hydrogen) atoms. The number of carbonyl (C=O) groups excluding carboxylic acids is 2. The molecule has 0 fully saturated rings. The maximum absolute atomic E-state index is 13.2. The van der Waals surface area contributed by atoms with Gasteiger partial charge in [-0.1, -0.05) is 29.3 Å². The number of hydrogen-bond donors (Lipinski definition) is 2. The predicted molar refractivity (Wildman–Crippen MR) is 143 cm³/mol. The van der Waals surface area contributed by atoms with E-state index < -0.39 is 5.91 Å². The lowest BCUT2D eigenvalue weighted by atomic mass is 9.93. The van der Waals surface area contributed by atoms with Crippen molar-refractivity contribution in [2.75, 3.05) is 11.9 Å². The van der Waals surface area contributed by atoms with Crippen molar-refractivity contribution in [3.8, 4) is 5.75 Å². The molecule has 5 rings (SSSR count). The Balaban J connectivity index is 1.31. The monoisotopic (exact) mass is 536 g/mol. The minimum absolute atomic E-state index is 0.215. The predicted octanol–water partition coefficient (Wildman–Crippen LogP) is 5.93. The molecule has 0 unspecified atom stereocenters. The summed E-state index contributed by atoms with van der Waals surface area (Å²) >= 11 is 12.0. The molecule has 0 bridgehead atoms. The fourth-order valence-corrected chi connectivity index (χ4v) is 4.75. The first-order chi connectivity index (χ1) is 17.9. The second-order valence-corrected chi connectivity index (χ2v) is 9.34. The zero-order valence-electron chi connectivity index (χ0n) is 19.8. The van der Waals surface area contributed by atoms with Crippen LogP contribution in [0.15, 0.2) is 64.2 Å². The molecule has 0 saturated heterocycles. The van der Waals surface area contributed by atoms with Gasteiger partial charge in [0.1, 0.15) is 11.5 Å². The number of anilines is 1. The number of nitrogens with one attached hydrogen (secondary N) is 2. The first-order valence-electron chi connectivity index (χ1n) is 11.6. The molecule has 10 heteroatoms. The van der Waals surface area contributed by atoms with E-state index in [4.69, 9.17) is 32.4 Å². The third-order valence-electron chi connectivity index (χ3n) is 5.99. The standard InChI is InChI=1S/C27H22Cl2N4O4/c1-15-25-21(32-33-24(34)14-36-22-11-10-16(28)13-18(22)29)8-3-9-23(25)37-26(15)27(35)31-20-7-2-6-19-17(20)5-4-12-30-19/h2,4-7,10-13H,3,8-9,14H2,1H3,(H,31,35)(H,33,34)/b32-21+. The Hall–Kier alpha value is -3.88. The molecule has 2 aromatic heterocycles. The summed E-state index contributed by atoms with van der Waals surface area (Å²) in [5, 5.41) is 8.87. The minimum Gasteiger partial charge on any atom is -0.482 e. The number of nitrogens with zero attached hydrogens (tertiary/aromatic N) is 2. The normalized spacial score (nSPS) is 13.9. The van der Waals surface area contributed by atoms with Crippen LogP contribution < -0.4 is 15.5 Å². The molecule has 0 spiro atoms. The van der Waals surface area contributed by atoms with Crippen LogP contribution in [-0.2, 0) is 11.2 Å². The highest BCUT2D eigenvalue weighted by Crippen LogP contribution is 2.31. The fourth-order valence-electron chi connectivity index (χ4n) is 4.29. The molecule has 0 atom stereocenters. The summed E-state index contributed by atoms with van der Waals surface area (Å²) in [5.41, 5.74) is 6.02. The summed E-state index contributed by atoms with van der Waals surface area (Å²) in [6, 6.07) is 14.0. The van der Waals surface area contributed by atoms with Crippen LogP contribution in [0.1, 0.15) is 40.3 Å². The van der Waals surface area contributed by atoms with Crippen LogP contribution in [0.2, 0.25) is 10.0 Å². The van der Waals surface area contributed by atoms with E-state index in [-0.39, 0.29) is 18.3 Å². The third-order valence-corrected chi connectivity index (χ3v) is 6.52. The summed E-state index contributed by atoms with van der Waals surface area (Å²) in [6.45, 7) is 1.54. The quantitative estimate of drug-likeness (QED) is 0.297. The number of hydrazone groups is 1. The lowest BCUT2D eigenvalue weighted by Crippen LogP contribution is -2.27. The molecule has 2 N–H and O–H groups in total. The number of pyridine rings is 1. The molecule has 2 heterocycles. The topological polar surface area (TPSA) is 106 Å². The van der Waals surface area contributed by atoms with Gasteiger partial charge in [0.05, 0.1) is 21.9 Å². The van der Waals surface area contributed by atoms with Gasteiger partial charge in [0, 0.05) is 34.2 Å². The van der Waals surface area contributed by atoms with Crippen molar-refractivity contribution in [2.45, 2.75) is 26.2 Å². The van der Waals surface area contributed by atoms with E-state index in [1.54, 1.807) is 18.3 Å². The van der Waals surface area contributed by atoms with Gasteiger partial charge in [-0.2, -0.15) is 5.10 Å². The van der Waals surface area contributed by atoms with E-state index in [1.807, 2.05) is 37.3 Å². The van der Waals surface area contributed by atoms with Gasteiger partial charge in [-0.25, -0.2) is 5.43 Å². The van der Waals surface area contributed by atoms with Gasteiger partial charge in [-0.05, 0) is 62.2 Å². The number of fused-ring (bicyclic) bond motifs is 2. The van der Waals surface area contributed by atoms with Crippen LogP contribution in [0.4, 0.5) is 5.69 Å². The van der Waals surface area contributed by atoms with Crippen molar-refractivity contribution >= 4 is 57.3 Å². The molecule has 0 saturated carbocycles. The molecule has 188 valence electrons. The number of hydrogen-bond acceptors (Lipinski definition) is 6. The maximum atomic E-state index is 13.2. The van der Waals surface area contributed by atoms with Crippen molar-refractivity contribution in [3.05, 3.63) is 87.4 Å². The van der Waals surface area contributed by atoms with Crippen molar-refractivity contribution in [1.82, 2.24) is 10.4 Å². The van der Waals surface area contributed by atoms with E-state index in [0.29, 0.717) is 51.4 Å². The van der Waals surface area contributed by atoms with E-state index in [9.17, 15) is 9.59 Å². The summed E-state index contributed by atoms with van der Waals surface area (Å²) in [4.78, 5) is 29.8.